The minimum absolute atomic E-state index is 0.169. The lowest BCUT2D eigenvalue weighted by molar-refractivity contribution is 0.851. The molecular weight excluding hydrogens is 176 g/mol. The minimum Gasteiger partial charge on any atom is -0.266 e. The Balaban J connectivity index is 2.86. The van der Waals surface area contributed by atoms with Crippen LogP contribution in [0, 0.1) is 12.0 Å². The first-order valence-corrected chi connectivity index (χ1v) is 4.23. The number of benzene rings is 1. The first-order chi connectivity index (χ1) is 6.83. The van der Waals surface area contributed by atoms with E-state index in [0.717, 1.165) is 10.1 Å². The molecule has 0 fully saturated rings. The Kier molecular flexibility index (Phi) is 2.04. The molecule has 1 aromatic carbocycles. The van der Waals surface area contributed by atoms with Gasteiger partial charge in [-0.25, -0.2) is 0 Å². The molecule has 0 aliphatic heterocycles. The van der Waals surface area contributed by atoms with Crippen LogP contribution in [0.3, 0.4) is 0 Å². The second-order valence-corrected chi connectivity index (χ2v) is 2.81. The second-order valence-electron chi connectivity index (χ2n) is 2.81. The molecule has 0 aliphatic carbocycles. The summed E-state index contributed by atoms with van der Waals surface area (Å²) in [5.41, 5.74) is -0.169. The maximum atomic E-state index is 11.7. The summed E-state index contributed by atoms with van der Waals surface area (Å²) >= 11 is 0. The quantitative estimate of drug-likeness (QED) is 0.577. The van der Waals surface area contributed by atoms with E-state index in [1.807, 2.05) is 18.2 Å². The van der Waals surface area contributed by atoms with Crippen molar-refractivity contribution in [1.82, 2.24) is 9.78 Å². The third-order valence-electron chi connectivity index (χ3n) is 1.91. The molecule has 0 bridgehead atoms. The average Bonchev–Trinajstić information content (AvgIpc) is 2.23. The van der Waals surface area contributed by atoms with Crippen molar-refractivity contribution >= 4 is 10.8 Å². The van der Waals surface area contributed by atoms with Gasteiger partial charge in [-0.2, -0.15) is 9.78 Å². The van der Waals surface area contributed by atoms with Gasteiger partial charge in [0.1, 0.15) is 0 Å². The first-order valence-electron chi connectivity index (χ1n) is 4.23. The van der Waals surface area contributed by atoms with Gasteiger partial charge in [0.05, 0.1) is 11.6 Å². The summed E-state index contributed by atoms with van der Waals surface area (Å²) in [4.78, 5) is 11.7. The summed E-state index contributed by atoms with van der Waals surface area (Å²) in [7, 11) is 0. The van der Waals surface area contributed by atoms with E-state index in [0.29, 0.717) is 5.39 Å². The molecule has 68 valence electrons. The molecule has 1 aromatic heterocycles. The minimum atomic E-state index is -0.169. The monoisotopic (exact) mass is 184 g/mol. The smallest absolute Gasteiger partial charge is 0.266 e. The zero-order valence-electron chi connectivity index (χ0n) is 7.69. The summed E-state index contributed by atoms with van der Waals surface area (Å²) in [6, 6.07) is 9.94. The number of aromatic nitrogens is 2. The van der Waals surface area contributed by atoms with Crippen LogP contribution in [0.1, 0.15) is 6.92 Å². The van der Waals surface area contributed by atoms with Crippen molar-refractivity contribution in [1.29, 1.82) is 0 Å². The van der Waals surface area contributed by atoms with Crippen LogP contribution in [0.25, 0.3) is 10.8 Å². The highest BCUT2D eigenvalue weighted by Crippen LogP contribution is 2.05. The highest BCUT2D eigenvalue weighted by molar-refractivity contribution is 5.80. The molecule has 0 atom stereocenters. The predicted octanol–water partition coefficient (Wildman–Crippen LogP) is 1.23. The van der Waals surface area contributed by atoms with E-state index in [1.54, 1.807) is 19.2 Å². The predicted molar refractivity (Wildman–Crippen MR) is 54.9 cm³/mol. The zero-order valence-corrected chi connectivity index (χ0v) is 7.69. The fourth-order valence-electron chi connectivity index (χ4n) is 1.28. The van der Waals surface area contributed by atoms with Crippen LogP contribution in [-0.4, -0.2) is 9.78 Å². The maximum Gasteiger partial charge on any atom is 0.286 e. The Labute approximate surface area is 81.0 Å². The summed E-state index contributed by atoms with van der Waals surface area (Å²) in [6.45, 7) is 1.67. The van der Waals surface area contributed by atoms with Crippen molar-refractivity contribution in [3.63, 3.8) is 0 Å². The van der Waals surface area contributed by atoms with Gasteiger partial charge in [-0.1, -0.05) is 24.1 Å². The molecule has 0 radical (unpaired) electrons. The maximum absolute atomic E-state index is 11.7. The Morgan fingerprint density at radius 1 is 1.36 bits per heavy atom. The van der Waals surface area contributed by atoms with E-state index in [9.17, 15) is 4.79 Å². The molecule has 0 saturated heterocycles. The van der Waals surface area contributed by atoms with E-state index in [-0.39, 0.29) is 5.56 Å². The number of rotatable bonds is 0. The van der Waals surface area contributed by atoms with Crippen molar-refractivity contribution in [3.05, 3.63) is 40.8 Å². The zero-order chi connectivity index (χ0) is 9.97. The number of nitrogens with zero attached hydrogens (tertiary/aromatic N) is 2. The molecular formula is C11H8N2O. The summed E-state index contributed by atoms with van der Waals surface area (Å²) in [5, 5.41) is 5.41. The Morgan fingerprint density at radius 2 is 2.14 bits per heavy atom. The van der Waals surface area contributed by atoms with Crippen LogP contribution >= 0.6 is 0 Å². The van der Waals surface area contributed by atoms with Crippen molar-refractivity contribution in [2.45, 2.75) is 6.92 Å². The summed E-state index contributed by atoms with van der Waals surface area (Å²) in [5.74, 6) is 2.64. The van der Waals surface area contributed by atoms with Gasteiger partial charge >= 0.3 is 0 Å². The third kappa shape index (κ3) is 1.27. The van der Waals surface area contributed by atoms with Crippen molar-refractivity contribution in [3.8, 4) is 12.0 Å². The Bertz CT molecular complexity index is 587. The molecule has 0 spiro atoms. The number of fused-ring (bicyclic) bond motifs is 1. The van der Waals surface area contributed by atoms with E-state index < -0.39 is 0 Å². The van der Waals surface area contributed by atoms with Crippen LogP contribution < -0.4 is 5.56 Å². The van der Waals surface area contributed by atoms with E-state index in [2.05, 4.69) is 17.1 Å². The molecule has 0 aliphatic rings. The highest BCUT2D eigenvalue weighted by atomic mass is 16.1. The van der Waals surface area contributed by atoms with Crippen molar-refractivity contribution in [2.24, 2.45) is 0 Å². The molecule has 0 unspecified atom stereocenters. The van der Waals surface area contributed by atoms with Crippen LogP contribution in [0.5, 0.6) is 0 Å². The molecule has 1 heterocycles. The third-order valence-corrected chi connectivity index (χ3v) is 1.91. The average molecular weight is 184 g/mol. The lowest BCUT2D eigenvalue weighted by Gasteiger charge is -1.97. The van der Waals surface area contributed by atoms with Crippen molar-refractivity contribution < 1.29 is 0 Å². The molecule has 2 aromatic rings. The van der Waals surface area contributed by atoms with E-state index in [4.69, 9.17) is 0 Å². The van der Waals surface area contributed by atoms with E-state index in [1.165, 1.54) is 0 Å². The summed E-state index contributed by atoms with van der Waals surface area (Å²) < 4.78 is 1.16. The second kappa shape index (κ2) is 3.35. The van der Waals surface area contributed by atoms with Crippen LogP contribution in [0.4, 0.5) is 0 Å². The SMILES string of the molecule is CC#Cn1ncc2ccccc2c1=O. The van der Waals surface area contributed by atoms with Gasteiger partial charge in [0.25, 0.3) is 5.56 Å². The number of hydrogen-bond donors (Lipinski definition) is 0. The lowest BCUT2D eigenvalue weighted by atomic mass is 10.2. The highest BCUT2D eigenvalue weighted by Gasteiger charge is 1.99. The molecule has 0 saturated carbocycles. The standard InChI is InChI=1S/C11H8N2O/c1-2-7-13-11(14)10-6-4-3-5-9(10)8-12-13/h3-6,8H,1H3. The van der Waals surface area contributed by atoms with Gasteiger partial charge in [-0.3, -0.25) is 4.79 Å². The Hall–Kier alpha value is -2.08. The number of hydrogen-bond acceptors (Lipinski definition) is 2. The van der Waals surface area contributed by atoms with E-state index >= 15 is 0 Å². The van der Waals surface area contributed by atoms with Crippen molar-refractivity contribution in [2.75, 3.05) is 0 Å². The largest absolute Gasteiger partial charge is 0.286 e. The molecule has 3 heteroatoms. The fraction of sp³-hybridized carbons (Fsp3) is 0.0909. The topological polar surface area (TPSA) is 34.9 Å². The Morgan fingerprint density at radius 3 is 2.93 bits per heavy atom. The van der Waals surface area contributed by atoms with Crippen LogP contribution in [-0.2, 0) is 0 Å². The van der Waals surface area contributed by atoms with Gasteiger partial charge in [-0.15, -0.1) is 0 Å². The van der Waals surface area contributed by atoms with Gasteiger partial charge in [0.15, 0.2) is 0 Å². The molecule has 0 amide bonds. The van der Waals surface area contributed by atoms with Crippen LogP contribution in [0.15, 0.2) is 35.3 Å². The van der Waals surface area contributed by atoms with Gasteiger partial charge in [-0.05, 0) is 13.0 Å². The molecule has 3 nitrogen and oxygen atoms in total. The lowest BCUT2D eigenvalue weighted by Crippen LogP contribution is -2.18. The van der Waals surface area contributed by atoms with Crippen LogP contribution in [0.2, 0.25) is 0 Å². The van der Waals surface area contributed by atoms with Gasteiger partial charge in [0, 0.05) is 11.4 Å². The summed E-state index contributed by atoms with van der Waals surface area (Å²) in [6.07, 6.45) is 1.64. The molecule has 2 rings (SSSR count). The molecule has 14 heavy (non-hydrogen) atoms. The fourth-order valence-corrected chi connectivity index (χ4v) is 1.28. The molecule has 0 N–H and O–H groups in total. The van der Waals surface area contributed by atoms with Gasteiger partial charge in [0.2, 0.25) is 0 Å². The normalized spacial score (nSPS) is 9.50. The van der Waals surface area contributed by atoms with Gasteiger partial charge < -0.3 is 0 Å². The first kappa shape index (κ1) is 8.52.